The van der Waals surface area contributed by atoms with Crippen molar-refractivity contribution in [2.75, 3.05) is 13.2 Å². The molecule has 0 saturated carbocycles. The Morgan fingerprint density at radius 1 is 1.26 bits per heavy atom. The first-order valence-corrected chi connectivity index (χ1v) is 6.89. The third-order valence-electron chi connectivity index (χ3n) is 3.23. The summed E-state index contributed by atoms with van der Waals surface area (Å²) in [6, 6.07) is 10.0. The lowest BCUT2D eigenvalue weighted by Gasteiger charge is -2.12. The molecule has 0 bridgehead atoms. The largest absolute Gasteiger partial charge is 0.393 e. The van der Waals surface area contributed by atoms with Crippen molar-refractivity contribution in [2.24, 2.45) is 0 Å². The van der Waals surface area contributed by atoms with Crippen molar-refractivity contribution in [3.05, 3.63) is 42.1 Å². The van der Waals surface area contributed by atoms with Crippen LogP contribution in [0, 0.1) is 0 Å². The van der Waals surface area contributed by atoms with E-state index < -0.39 is 0 Å². The highest BCUT2D eigenvalue weighted by molar-refractivity contribution is 5.81. The number of para-hydroxylation sites is 1. The normalized spacial score (nSPS) is 12.7. The number of aliphatic hydroxyl groups excluding tert-OH is 1. The van der Waals surface area contributed by atoms with E-state index >= 15 is 0 Å². The predicted molar refractivity (Wildman–Crippen MR) is 77.2 cm³/mol. The zero-order valence-corrected chi connectivity index (χ0v) is 11.4. The molecule has 1 unspecified atom stereocenters. The van der Waals surface area contributed by atoms with Gasteiger partial charge in [-0.15, -0.1) is 0 Å². The van der Waals surface area contributed by atoms with E-state index in [0.717, 1.165) is 42.5 Å². The molecule has 0 amide bonds. The molecule has 1 N–H and O–H groups in total. The van der Waals surface area contributed by atoms with Gasteiger partial charge in [-0.2, -0.15) is 0 Å². The number of aromatic nitrogens is 1. The summed E-state index contributed by atoms with van der Waals surface area (Å²) in [6.07, 6.45) is 3.85. The van der Waals surface area contributed by atoms with E-state index in [1.165, 1.54) is 0 Å². The van der Waals surface area contributed by atoms with Gasteiger partial charge in [0.25, 0.3) is 0 Å². The Morgan fingerprint density at radius 2 is 2.11 bits per heavy atom. The van der Waals surface area contributed by atoms with Gasteiger partial charge in [0, 0.05) is 24.8 Å². The fraction of sp³-hybridized carbons (Fsp3) is 0.438. The molecule has 1 atom stereocenters. The number of hydrogen-bond donors (Lipinski definition) is 1. The Morgan fingerprint density at radius 3 is 2.95 bits per heavy atom. The summed E-state index contributed by atoms with van der Waals surface area (Å²) < 4.78 is 5.28. The maximum Gasteiger partial charge on any atom is 0.0704 e. The van der Waals surface area contributed by atoms with Crippen LogP contribution in [0.2, 0.25) is 0 Å². The Hall–Kier alpha value is -1.45. The van der Waals surface area contributed by atoms with Crippen LogP contribution in [0.15, 0.2) is 36.5 Å². The van der Waals surface area contributed by atoms with E-state index in [-0.39, 0.29) is 6.10 Å². The van der Waals surface area contributed by atoms with Crippen molar-refractivity contribution in [2.45, 2.75) is 32.3 Å². The Bertz CT molecular complexity index is 508. The molecule has 3 nitrogen and oxygen atoms in total. The number of benzene rings is 1. The first-order chi connectivity index (χ1) is 9.31. The third-order valence-corrected chi connectivity index (χ3v) is 3.23. The van der Waals surface area contributed by atoms with Gasteiger partial charge in [-0.25, -0.2) is 0 Å². The van der Waals surface area contributed by atoms with E-state index in [0.29, 0.717) is 6.42 Å². The molecule has 0 spiro atoms. The predicted octanol–water partition coefficient (Wildman–Crippen LogP) is 2.95. The second-order valence-corrected chi connectivity index (χ2v) is 4.68. The van der Waals surface area contributed by atoms with Crippen LogP contribution in [-0.2, 0) is 11.2 Å². The Balaban J connectivity index is 1.97. The molecule has 19 heavy (non-hydrogen) atoms. The topological polar surface area (TPSA) is 42.4 Å². The Labute approximate surface area is 114 Å². The lowest BCUT2D eigenvalue weighted by Crippen LogP contribution is -2.12. The molecule has 1 aromatic carbocycles. The summed E-state index contributed by atoms with van der Waals surface area (Å²) in [6.45, 7) is 3.45. The molecule has 0 aliphatic rings. The number of pyridine rings is 1. The van der Waals surface area contributed by atoms with Gasteiger partial charge in [-0.05, 0) is 43.9 Å². The van der Waals surface area contributed by atoms with E-state index in [2.05, 4.69) is 11.1 Å². The van der Waals surface area contributed by atoms with Gasteiger partial charge >= 0.3 is 0 Å². The van der Waals surface area contributed by atoms with Gasteiger partial charge in [0.2, 0.25) is 0 Å². The number of rotatable bonds is 7. The monoisotopic (exact) mass is 259 g/mol. The zero-order valence-electron chi connectivity index (χ0n) is 11.4. The summed E-state index contributed by atoms with van der Waals surface area (Å²) in [5, 5.41) is 11.2. The summed E-state index contributed by atoms with van der Waals surface area (Å²) in [4.78, 5) is 4.33. The van der Waals surface area contributed by atoms with Crippen molar-refractivity contribution < 1.29 is 9.84 Å². The Kier molecular flexibility index (Phi) is 5.31. The summed E-state index contributed by atoms with van der Waals surface area (Å²) >= 11 is 0. The first-order valence-electron chi connectivity index (χ1n) is 6.89. The standard InChI is InChI=1S/C16H21NO2/c1-2-19-11-5-6-14(18)12-13-9-10-17-16-8-4-3-7-15(13)16/h3-4,7-10,14,18H,2,5-6,11-12H2,1H3. The van der Waals surface area contributed by atoms with Crippen LogP contribution in [0.3, 0.4) is 0 Å². The molecular weight excluding hydrogens is 238 g/mol. The fourth-order valence-electron chi connectivity index (χ4n) is 2.25. The van der Waals surface area contributed by atoms with E-state index in [1.807, 2.05) is 37.4 Å². The molecular formula is C16H21NO2. The van der Waals surface area contributed by atoms with Crippen molar-refractivity contribution >= 4 is 10.9 Å². The highest BCUT2D eigenvalue weighted by Crippen LogP contribution is 2.18. The number of aliphatic hydroxyl groups is 1. The second kappa shape index (κ2) is 7.22. The molecule has 0 fully saturated rings. The van der Waals surface area contributed by atoms with Crippen LogP contribution < -0.4 is 0 Å². The summed E-state index contributed by atoms with van der Waals surface area (Å²) in [5.41, 5.74) is 2.15. The number of nitrogens with zero attached hydrogens (tertiary/aromatic N) is 1. The minimum atomic E-state index is -0.314. The lowest BCUT2D eigenvalue weighted by molar-refractivity contribution is 0.114. The van der Waals surface area contributed by atoms with Gasteiger partial charge in [-0.3, -0.25) is 4.98 Å². The van der Waals surface area contributed by atoms with Crippen molar-refractivity contribution in [3.8, 4) is 0 Å². The quantitative estimate of drug-likeness (QED) is 0.777. The molecule has 0 aliphatic carbocycles. The molecule has 102 valence electrons. The minimum Gasteiger partial charge on any atom is -0.393 e. The minimum absolute atomic E-state index is 0.314. The smallest absolute Gasteiger partial charge is 0.0704 e. The van der Waals surface area contributed by atoms with E-state index in [9.17, 15) is 5.11 Å². The maximum absolute atomic E-state index is 10.1. The van der Waals surface area contributed by atoms with Gasteiger partial charge in [0.1, 0.15) is 0 Å². The molecule has 0 saturated heterocycles. The van der Waals surface area contributed by atoms with E-state index in [1.54, 1.807) is 0 Å². The van der Waals surface area contributed by atoms with Gasteiger partial charge in [-0.1, -0.05) is 18.2 Å². The van der Waals surface area contributed by atoms with Crippen molar-refractivity contribution in [1.29, 1.82) is 0 Å². The first kappa shape index (κ1) is 14.0. The third kappa shape index (κ3) is 4.01. The molecule has 3 heteroatoms. The van der Waals surface area contributed by atoms with E-state index in [4.69, 9.17) is 4.74 Å². The average Bonchev–Trinajstić information content (AvgIpc) is 2.44. The zero-order chi connectivity index (χ0) is 13.5. The van der Waals surface area contributed by atoms with Crippen LogP contribution in [0.25, 0.3) is 10.9 Å². The summed E-state index contributed by atoms with van der Waals surface area (Å²) in [5.74, 6) is 0. The fourth-order valence-corrected chi connectivity index (χ4v) is 2.25. The van der Waals surface area contributed by atoms with Gasteiger partial charge in [0.15, 0.2) is 0 Å². The highest BCUT2D eigenvalue weighted by Gasteiger charge is 2.08. The second-order valence-electron chi connectivity index (χ2n) is 4.68. The number of hydrogen-bond acceptors (Lipinski definition) is 3. The lowest BCUT2D eigenvalue weighted by atomic mass is 10.0. The molecule has 0 radical (unpaired) electrons. The number of ether oxygens (including phenoxy) is 1. The molecule has 1 heterocycles. The number of fused-ring (bicyclic) bond motifs is 1. The van der Waals surface area contributed by atoms with Crippen LogP contribution in [0.4, 0.5) is 0 Å². The molecule has 2 aromatic rings. The van der Waals surface area contributed by atoms with Crippen molar-refractivity contribution in [1.82, 2.24) is 4.98 Å². The van der Waals surface area contributed by atoms with Crippen LogP contribution in [0.5, 0.6) is 0 Å². The SMILES string of the molecule is CCOCCCC(O)Cc1ccnc2ccccc12. The summed E-state index contributed by atoms with van der Waals surface area (Å²) in [7, 11) is 0. The van der Waals surface area contributed by atoms with Crippen LogP contribution in [0.1, 0.15) is 25.3 Å². The van der Waals surface area contributed by atoms with Crippen LogP contribution in [-0.4, -0.2) is 29.4 Å². The highest BCUT2D eigenvalue weighted by atomic mass is 16.5. The molecule has 1 aromatic heterocycles. The molecule has 0 aliphatic heterocycles. The average molecular weight is 259 g/mol. The van der Waals surface area contributed by atoms with Gasteiger partial charge in [0.05, 0.1) is 11.6 Å². The van der Waals surface area contributed by atoms with Gasteiger partial charge < -0.3 is 9.84 Å². The maximum atomic E-state index is 10.1. The van der Waals surface area contributed by atoms with Crippen molar-refractivity contribution in [3.63, 3.8) is 0 Å². The van der Waals surface area contributed by atoms with Crippen LogP contribution >= 0.6 is 0 Å². The molecule has 2 rings (SSSR count).